The smallest absolute Gasteiger partial charge is 0.238 e. The molecule has 0 saturated heterocycles. The number of nitrogens with two attached hydrogens (primary N) is 1. The minimum atomic E-state index is -3.64. The lowest BCUT2D eigenvalue weighted by molar-refractivity contribution is -0.120. The highest BCUT2D eigenvalue weighted by atomic mass is 32.2. The molecule has 0 aromatic heterocycles. The van der Waals surface area contributed by atoms with Crippen LogP contribution >= 0.6 is 0 Å². The minimum Gasteiger partial charge on any atom is -0.388 e. The van der Waals surface area contributed by atoms with Crippen LogP contribution in [0.4, 0.5) is 0 Å². The van der Waals surface area contributed by atoms with Crippen molar-refractivity contribution in [1.82, 2.24) is 5.32 Å². The predicted molar refractivity (Wildman–Crippen MR) is 85.6 cm³/mol. The molecule has 0 bridgehead atoms. The summed E-state index contributed by atoms with van der Waals surface area (Å²) < 4.78 is 22.4. The summed E-state index contributed by atoms with van der Waals surface area (Å²) in [5.74, 6) is 0.257. The van der Waals surface area contributed by atoms with Crippen molar-refractivity contribution in [3.8, 4) is 0 Å². The van der Waals surface area contributed by atoms with Crippen molar-refractivity contribution in [2.24, 2.45) is 10.6 Å². The molecule has 0 radical (unpaired) electrons. The summed E-state index contributed by atoms with van der Waals surface area (Å²) in [6.45, 7) is 4.80. The first-order chi connectivity index (χ1) is 10.2. The summed E-state index contributed by atoms with van der Waals surface area (Å²) >= 11 is 0. The van der Waals surface area contributed by atoms with Crippen LogP contribution in [-0.2, 0) is 21.2 Å². The molecule has 1 aromatic rings. The molecule has 6 heteroatoms. The van der Waals surface area contributed by atoms with Gasteiger partial charge in [-0.1, -0.05) is 32.1 Å². The van der Waals surface area contributed by atoms with Gasteiger partial charge in [0.15, 0.2) is 0 Å². The monoisotopic (exact) mass is 322 g/mol. The molecule has 0 amide bonds. The number of hydrogen-bond donors (Lipinski definition) is 2. The molecular formula is C16H22N2O3S. The third-order valence-electron chi connectivity index (χ3n) is 3.62. The van der Waals surface area contributed by atoms with Gasteiger partial charge in [0.2, 0.25) is 10.0 Å². The SMILES string of the molecule is CC1(C)C=C(NCCc2ccc(S(N)(=O)=O)cc2)CC(=O)C1. The Labute approximate surface area is 131 Å². The van der Waals surface area contributed by atoms with Gasteiger partial charge in [-0.2, -0.15) is 0 Å². The highest BCUT2D eigenvalue weighted by Crippen LogP contribution is 2.29. The maximum absolute atomic E-state index is 11.7. The third-order valence-corrected chi connectivity index (χ3v) is 4.55. The number of allylic oxidation sites excluding steroid dienone is 2. The molecular weight excluding hydrogens is 300 g/mol. The standard InChI is InChI=1S/C16H22N2O3S/c1-16(2)10-13(9-14(19)11-16)18-8-7-12-3-5-15(6-4-12)22(17,20)21/h3-6,10,18H,7-9,11H2,1-2H3,(H2,17,20,21). The van der Waals surface area contributed by atoms with E-state index >= 15 is 0 Å². The van der Waals surface area contributed by atoms with Gasteiger partial charge in [0.25, 0.3) is 0 Å². The first-order valence-electron chi connectivity index (χ1n) is 7.25. The van der Waals surface area contributed by atoms with Crippen LogP contribution in [0.25, 0.3) is 0 Å². The zero-order valence-electron chi connectivity index (χ0n) is 12.9. The van der Waals surface area contributed by atoms with E-state index in [1.165, 1.54) is 12.1 Å². The number of benzene rings is 1. The van der Waals surface area contributed by atoms with Crippen LogP contribution in [0.3, 0.4) is 0 Å². The molecule has 120 valence electrons. The Morgan fingerprint density at radius 1 is 1.23 bits per heavy atom. The Hall–Kier alpha value is -1.66. The van der Waals surface area contributed by atoms with Crippen molar-refractivity contribution >= 4 is 15.8 Å². The average Bonchev–Trinajstić information content (AvgIpc) is 2.36. The van der Waals surface area contributed by atoms with Crippen LogP contribution < -0.4 is 10.5 Å². The van der Waals surface area contributed by atoms with Gasteiger partial charge >= 0.3 is 0 Å². The zero-order valence-corrected chi connectivity index (χ0v) is 13.7. The molecule has 2 rings (SSSR count). The Morgan fingerprint density at radius 2 is 1.86 bits per heavy atom. The molecule has 0 fully saturated rings. The molecule has 5 nitrogen and oxygen atoms in total. The first-order valence-corrected chi connectivity index (χ1v) is 8.79. The lowest BCUT2D eigenvalue weighted by Crippen LogP contribution is -2.28. The molecule has 0 heterocycles. The molecule has 0 unspecified atom stereocenters. The Kier molecular flexibility index (Phi) is 4.72. The molecule has 1 aliphatic carbocycles. The van der Waals surface area contributed by atoms with Crippen LogP contribution in [0, 0.1) is 5.41 Å². The van der Waals surface area contributed by atoms with E-state index < -0.39 is 10.0 Å². The van der Waals surface area contributed by atoms with E-state index in [0.29, 0.717) is 19.4 Å². The van der Waals surface area contributed by atoms with E-state index in [4.69, 9.17) is 5.14 Å². The molecule has 0 spiro atoms. The summed E-state index contributed by atoms with van der Waals surface area (Å²) in [5, 5.41) is 8.36. The fraction of sp³-hybridized carbons (Fsp3) is 0.438. The van der Waals surface area contributed by atoms with Gasteiger partial charge in [-0.15, -0.1) is 0 Å². The van der Waals surface area contributed by atoms with Gasteiger partial charge in [0, 0.05) is 25.1 Å². The third kappa shape index (κ3) is 4.68. The van der Waals surface area contributed by atoms with Crippen molar-refractivity contribution in [2.45, 2.75) is 38.0 Å². The largest absolute Gasteiger partial charge is 0.388 e. The van der Waals surface area contributed by atoms with E-state index in [1.54, 1.807) is 12.1 Å². The number of carbonyl (C=O) groups excluding carboxylic acids is 1. The minimum absolute atomic E-state index is 0.0885. The lowest BCUT2D eigenvalue weighted by Gasteiger charge is -2.27. The quantitative estimate of drug-likeness (QED) is 0.864. The lowest BCUT2D eigenvalue weighted by atomic mass is 9.81. The average molecular weight is 322 g/mol. The van der Waals surface area contributed by atoms with E-state index in [-0.39, 0.29) is 16.1 Å². The fourth-order valence-electron chi connectivity index (χ4n) is 2.68. The normalized spacial score (nSPS) is 18.0. The Bertz CT molecular complexity index is 689. The van der Waals surface area contributed by atoms with Gasteiger partial charge in [0.1, 0.15) is 5.78 Å². The second kappa shape index (κ2) is 6.22. The van der Waals surface area contributed by atoms with Crippen LogP contribution in [0.1, 0.15) is 32.3 Å². The summed E-state index contributed by atoms with van der Waals surface area (Å²) in [5.41, 5.74) is 1.90. The second-order valence-corrected chi connectivity index (χ2v) is 7.98. The van der Waals surface area contributed by atoms with Crippen LogP contribution in [0.2, 0.25) is 0 Å². The number of nitrogens with one attached hydrogen (secondary N) is 1. The van der Waals surface area contributed by atoms with Gasteiger partial charge in [-0.05, 0) is 29.5 Å². The molecule has 22 heavy (non-hydrogen) atoms. The summed E-state index contributed by atoms with van der Waals surface area (Å²) in [6.07, 6.45) is 3.93. The number of primary sulfonamides is 1. The molecule has 1 aliphatic rings. The molecule has 0 atom stereocenters. The second-order valence-electron chi connectivity index (χ2n) is 6.42. The van der Waals surface area contributed by atoms with Crippen LogP contribution in [0.5, 0.6) is 0 Å². The van der Waals surface area contributed by atoms with Crippen molar-refractivity contribution in [3.63, 3.8) is 0 Å². The Morgan fingerprint density at radius 3 is 2.41 bits per heavy atom. The molecule has 3 N–H and O–H groups in total. The predicted octanol–water partition coefficient (Wildman–Crippen LogP) is 1.74. The van der Waals surface area contributed by atoms with E-state index in [9.17, 15) is 13.2 Å². The zero-order chi connectivity index (χ0) is 16.4. The van der Waals surface area contributed by atoms with E-state index in [2.05, 4.69) is 25.2 Å². The van der Waals surface area contributed by atoms with Crippen molar-refractivity contribution in [1.29, 1.82) is 0 Å². The van der Waals surface area contributed by atoms with Crippen LogP contribution in [-0.4, -0.2) is 20.7 Å². The summed E-state index contributed by atoms with van der Waals surface area (Å²) in [6, 6.07) is 6.53. The highest BCUT2D eigenvalue weighted by Gasteiger charge is 2.25. The number of hydrogen-bond acceptors (Lipinski definition) is 4. The number of Topliss-reactive ketones (excluding diaryl/α,β-unsaturated/α-hetero) is 1. The number of rotatable bonds is 5. The number of carbonyl (C=O) groups is 1. The molecule has 0 aliphatic heterocycles. The first kappa shape index (κ1) is 16.7. The fourth-order valence-corrected chi connectivity index (χ4v) is 3.20. The van der Waals surface area contributed by atoms with Crippen molar-refractivity contribution < 1.29 is 13.2 Å². The maximum Gasteiger partial charge on any atom is 0.238 e. The molecule has 0 saturated carbocycles. The summed E-state index contributed by atoms with van der Waals surface area (Å²) in [7, 11) is -3.64. The van der Waals surface area contributed by atoms with Crippen molar-refractivity contribution in [3.05, 3.63) is 41.6 Å². The summed E-state index contributed by atoms with van der Waals surface area (Å²) in [4.78, 5) is 11.8. The highest BCUT2D eigenvalue weighted by molar-refractivity contribution is 7.89. The van der Waals surface area contributed by atoms with Crippen molar-refractivity contribution in [2.75, 3.05) is 6.54 Å². The van der Waals surface area contributed by atoms with Gasteiger partial charge in [0.05, 0.1) is 4.90 Å². The topological polar surface area (TPSA) is 89.3 Å². The van der Waals surface area contributed by atoms with Gasteiger partial charge in [-0.25, -0.2) is 13.6 Å². The number of sulfonamides is 1. The van der Waals surface area contributed by atoms with E-state index in [1.807, 2.05) is 0 Å². The Balaban J connectivity index is 1.91. The van der Waals surface area contributed by atoms with Gasteiger partial charge in [-0.3, -0.25) is 4.79 Å². The van der Waals surface area contributed by atoms with E-state index in [0.717, 1.165) is 17.7 Å². The van der Waals surface area contributed by atoms with Gasteiger partial charge < -0.3 is 5.32 Å². The number of ketones is 1. The molecule has 1 aromatic carbocycles. The van der Waals surface area contributed by atoms with Crippen LogP contribution in [0.15, 0.2) is 40.9 Å². The maximum atomic E-state index is 11.7.